The molecule has 3 aromatic rings. The fraction of sp³-hybridized carbons (Fsp3) is 0.333. The molecule has 0 unspecified atom stereocenters. The van der Waals surface area contributed by atoms with Gasteiger partial charge in [-0.2, -0.15) is 0 Å². The largest absolute Gasteiger partial charge is 0.391 e. The zero-order chi connectivity index (χ0) is 16.5. The molecule has 3 heterocycles. The second kappa shape index (κ2) is 6.42. The molecular weight excluding hydrogens is 324 g/mol. The fourth-order valence-electron chi connectivity index (χ4n) is 3.32. The third-order valence-electron chi connectivity index (χ3n) is 4.59. The molecule has 0 aromatic carbocycles. The second-order valence-electron chi connectivity index (χ2n) is 6.26. The van der Waals surface area contributed by atoms with Crippen molar-refractivity contribution in [2.24, 2.45) is 0 Å². The number of hydrogen-bond acceptors (Lipinski definition) is 4. The third kappa shape index (κ3) is 2.97. The average molecular weight is 343 g/mol. The van der Waals surface area contributed by atoms with E-state index in [9.17, 15) is 5.11 Å². The van der Waals surface area contributed by atoms with E-state index in [1.807, 2.05) is 30.5 Å². The summed E-state index contributed by atoms with van der Waals surface area (Å²) in [5.74, 6) is 0.780. The van der Waals surface area contributed by atoms with Crippen LogP contribution in [0, 0.1) is 0 Å². The van der Waals surface area contributed by atoms with Crippen molar-refractivity contribution in [3.05, 3.63) is 41.7 Å². The van der Waals surface area contributed by atoms with Gasteiger partial charge in [0.2, 0.25) is 0 Å². The number of rotatable bonds is 3. The molecule has 0 saturated heterocycles. The van der Waals surface area contributed by atoms with Crippen LogP contribution in [0.4, 0.5) is 5.82 Å². The lowest BCUT2D eigenvalue weighted by molar-refractivity contribution is 0.116. The van der Waals surface area contributed by atoms with Crippen molar-refractivity contribution in [1.82, 2.24) is 15.0 Å². The number of nitrogens with one attached hydrogen (secondary N) is 2. The molecule has 5 nitrogen and oxygen atoms in total. The SMILES string of the molecule is O[C@H]1CCCC[C@@H]1Nc1cccc(-c2c[nH]c3ncc(Cl)cc23)n1. The van der Waals surface area contributed by atoms with E-state index in [2.05, 4.69) is 15.3 Å². The maximum absolute atomic E-state index is 10.1. The van der Waals surface area contributed by atoms with Crippen molar-refractivity contribution < 1.29 is 5.11 Å². The number of aliphatic hydroxyl groups excluding tert-OH is 1. The van der Waals surface area contributed by atoms with E-state index in [1.165, 1.54) is 0 Å². The molecule has 0 amide bonds. The highest BCUT2D eigenvalue weighted by Crippen LogP contribution is 2.29. The van der Waals surface area contributed by atoms with Crippen LogP contribution >= 0.6 is 11.6 Å². The highest BCUT2D eigenvalue weighted by Gasteiger charge is 2.23. The van der Waals surface area contributed by atoms with Crippen LogP contribution in [0.1, 0.15) is 25.7 Å². The van der Waals surface area contributed by atoms with Crippen molar-refractivity contribution in [3.8, 4) is 11.3 Å². The van der Waals surface area contributed by atoms with E-state index in [1.54, 1.807) is 6.20 Å². The summed E-state index contributed by atoms with van der Waals surface area (Å²) in [5, 5.41) is 15.1. The molecule has 0 radical (unpaired) electrons. The lowest BCUT2D eigenvalue weighted by atomic mass is 9.92. The number of nitrogens with zero attached hydrogens (tertiary/aromatic N) is 2. The molecule has 0 spiro atoms. The molecule has 3 N–H and O–H groups in total. The molecule has 124 valence electrons. The first kappa shape index (κ1) is 15.4. The Morgan fingerprint density at radius 3 is 3.00 bits per heavy atom. The summed E-state index contributed by atoms with van der Waals surface area (Å²) < 4.78 is 0. The Kier molecular flexibility index (Phi) is 4.12. The maximum Gasteiger partial charge on any atom is 0.138 e. The zero-order valence-corrected chi connectivity index (χ0v) is 13.9. The molecule has 1 aliphatic carbocycles. The molecule has 1 aliphatic rings. The maximum atomic E-state index is 10.1. The summed E-state index contributed by atoms with van der Waals surface area (Å²) in [6.07, 6.45) is 7.27. The van der Waals surface area contributed by atoms with Gasteiger partial charge in [-0.1, -0.05) is 30.5 Å². The summed E-state index contributed by atoms with van der Waals surface area (Å²) in [6.45, 7) is 0. The van der Waals surface area contributed by atoms with Crippen molar-refractivity contribution >= 4 is 28.5 Å². The number of anilines is 1. The number of aromatic amines is 1. The van der Waals surface area contributed by atoms with Crippen molar-refractivity contribution in [2.45, 2.75) is 37.8 Å². The Labute approximate surface area is 145 Å². The number of halogens is 1. The first-order valence-electron chi connectivity index (χ1n) is 8.25. The smallest absolute Gasteiger partial charge is 0.138 e. The topological polar surface area (TPSA) is 73.8 Å². The molecule has 24 heavy (non-hydrogen) atoms. The van der Waals surface area contributed by atoms with E-state index in [-0.39, 0.29) is 12.1 Å². The van der Waals surface area contributed by atoms with E-state index in [4.69, 9.17) is 16.6 Å². The van der Waals surface area contributed by atoms with Gasteiger partial charge < -0.3 is 15.4 Å². The minimum Gasteiger partial charge on any atom is -0.391 e. The van der Waals surface area contributed by atoms with E-state index in [0.717, 1.165) is 53.8 Å². The molecule has 4 rings (SSSR count). The van der Waals surface area contributed by atoms with Crippen LogP contribution in [0.5, 0.6) is 0 Å². The van der Waals surface area contributed by atoms with Gasteiger partial charge in [0, 0.05) is 23.3 Å². The first-order chi connectivity index (χ1) is 11.7. The first-order valence-corrected chi connectivity index (χ1v) is 8.63. The molecule has 0 bridgehead atoms. The summed E-state index contributed by atoms with van der Waals surface area (Å²) in [5.41, 5.74) is 2.60. The highest BCUT2D eigenvalue weighted by molar-refractivity contribution is 6.31. The van der Waals surface area contributed by atoms with Gasteiger partial charge in [0.1, 0.15) is 11.5 Å². The van der Waals surface area contributed by atoms with Crippen LogP contribution in [0.25, 0.3) is 22.3 Å². The number of hydrogen-bond donors (Lipinski definition) is 3. The van der Waals surface area contributed by atoms with Crippen LogP contribution in [0.2, 0.25) is 5.02 Å². The molecule has 2 atom stereocenters. The van der Waals surface area contributed by atoms with Crippen LogP contribution in [-0.4, -0.2) is 32.2 Å². The van der Waals surface area contributed by atoms with Crippen molar-refractivity contribution in [1.29, 1.82) is 0 Å². The van der Waals surface area contributed by atoms with Gasteiger partial charge in [-0.3, -0.25) is 0 Å². The molecule has 0 aliphatic heterocycles. The van der Waals surface area contributed by atoms with Crippen LogP contribution in [-0.2, 0) is 0 Å². The minimum absolute atomic E-state index is 0.0700. The predicted octanol–water partition coefficient (Wildman–Crippen LogP) is 3.99. The fourth-order valence-corrected chi connectivity index (χ4v) is 3.48. The number of pyridine rings is 2. The Hall–Kier alpha value is -2.11. The summed E-state index contributed by atoms with van der Waals surface area (Å²) in [4.78, 5) is 12.2. The van der Waals surface area contributed by atoms with Gasteiger partial charge in [0.15, 0.2) is 0 Å². The normalized spacial score (nSPS) is 21.1. The summed E-state index contributed by atoms with van der Waals surface area (Å²) >= 11 is 6.07. The van der Waals surface area contributed by atoms with Crippen molar-refractivity contribution in [2.75, 3.05) is 5.32 Å². The number of H-pyrrole nitrogens is 1. The van der Waals surface area contributed by atoms with E-state index >= 15 is 0 Å². The second-order valence-corrected chi connectivity index (χ2v) is 6.70. The predicted molar refractivity (Wildman–Crippen MR) is 96.2 cm³/mol. The standard InChI is InChI=1S/C18H19ClN4O/c19-11-8-12-13(10-21-18(12)20-9-11)14-5-3-7-17(22-14)23-15-4-1-2-6-16(15)24/h3,5,7-10,15-16,24H,1-2,4,6H2,(H,20,21)(H,22,23)/t15-,16-/m0/s1. The van der Waals surface area contributed by atoms with Gasteiger partial charge in [-0.25, -0.2) is 9.97 Å². The summed E-state index contributed by atoms with van der Waals surface area (Å²) in [7, 11) is 0. The molecular formula is C18H19ClN4O. The summed E-state index contributed by atoms with van der Waals surface area (Å²) in [6, 6.07) is 7.83. The quantitative estimate of drug-likeness (QED) is 0.672. The number of fused-ring (bicyclic) bond motifs is 1. The van der Waals surface area contributed by atoms with Crippen LogP contribution < -0.4 is 5.32 Å². The van der Waals surface area contributed by atoms with Crippen LogP contribution in [0.15, 0.2) is 36.7 Å². The molecule has 1 fully saturated rings. The Morgan fingerprint density at radius 2 is 2.12 bits per heavy atom. The van der Waals surface area contributed by atoms with Gasteiger partial charge >= 0.3 is 0 Å². The average Bonchev–Trinajstić information content (AvgIpc) is 3.00. The van der Waals surface area contributed by atoms with Gasteiger partial charge in [-0.05, 0) is 31.0 Å². The Bertz CT molecular complexity index is 863. The molecule has 6 heteroatoms. The molecule has 1 saturated carbocycles. The van der Waals surface area contributed by atoms with Gasteiger partial charge in [0.05, 0.1) is 22.9 Å². The van der Waals surface area contributed by atoms with E-state index in [0.29, 0.717) is 5.02 Å². The van der Waals surface area contributed by atoms with Gasteiger partial charge in [-0.15, -0.1) is 0 Å². The zero-order valence-electron chi connectivity index (χ0n) is 13.2. The monoisotopic (exact) mass is 342 g/mol. The highest BCUT2D eigenvalue weighted by atomic mass is 35.5. The van der Waals surface area contributed by atoms with Crippen LogP contribution in [0.3, 0.4) is 0 Å². The lowest BCUT2D eigenvalue weighted by Crippen LogP contribution is -2.36. The minimum atomic E-state index is -0.305. The van der Waals surface area contributed by atoms with Gasteiger partial charge in [0.25, 0.3) is 0 Å². The Balaban J connectivity index is 1.65. The lowest BCUT2D eigenvalue weighted by Gasteiger charge is -2.28. The Morgan fingerprint density at radius 1 is 1.25 bits per heavy atom. The van der Waals surface area contributed by atoms with E-state index < -0.39 is 0 Å². The number of aliphatic hydroxyl groups is 1. The number of aromatic nitrogens is 3. The molecule has 3 aromatic heterocycles. The van der Waals surface area contributed by atoms with Crippen molar-refractivity contribution in [3.63, 3.8) is 0 Å². The third-order valence-corrected chi connectivity index (χ3v) is 4.79.